The lowest BCUT2D eigenvalue weighted by Gasteiger charge is -2.37. The molecule has 1 saturated heterocycles. The van der Waals surface area contributed by atoms with Crippen LogP contribution in [0.3, 0.4) is 0 Å². The lowest BCUT2D eigenvalue weighted by atomic mass is 9.84. The second-order valence-electron chi connectivity index (χ2n) is 7.05. The third-order valence-corrected chi connectivity index (χ3v) is 4.24. The summed E-state index contributed by atoms with van der Waals surface area (Å²) in [5.41, 5.74) is 1.75. The van der Waals surface area contributed by atoms with E-state index in [0.29, 0.717) is 5.41 Å². The number of nitrogens with zero attached hydrogens (tertiary/aromatic N) is 1. The van der Waals surface area contributed by atoms with Gasteiger partial charge in [0.2, 0.25) is 0 Å². The predicted octanol–water partition coefficient (Wildman–Crippen LogP) is 3.15. The molecule has 3 rings (SSSR count). The largest absolute Gasteiger partial charge is 0.468 e. The quantitative estimate of drug-likeness (QED) is 0.883. The minimum atomic E-state index is 0.460. The van der Waals surface area contributed by atoms with Crippen LogP contribution in [0.15, 0.2) is 16.7 Å². The molecule has 0 aromatic carbocycles. The van der Waals surface area contributed by atoms with Gasteiger partial charge in [0.25, 0.3) is 0 Å². The van der Waals surface area contributed by atoms with E-state index in [1.807, 2.05) is 6.26 Å². The highest BCUT2D eigenvalue weighted by Crippen LogP contribution is 2.29. The first kappa shape index (κ1) is 13.2. The van der Waals surface area contributed by atoms with Gasteiger partial charge in [-0.05, 0) is 43.7 Å². The van der Waals surface area contributed by atoms with E-state index in [2.05, 4.69) is 30.1 Å². The van der Waals surface area contributed by atoms with Crippen molar-refractivity contribution in [2.24, 2.45) is 5.41 Å². The number of hydrogen-bond acceptors (Lipinski definition) is 3. The van der Waals surface area contributed by atoms with E-state index in [-0.39, 0.29) is 0 Å². The topological polar surface area (TPSA) is 28.4 Å². The fourth-order valence-corrected chi connectivity index (χ4v) is 3.05. The molecule has 3 heteroatoms. The number of nitrogens with one attached hydrogen (secondary N) is 1. The first-order valence-electron chi connectivity index (χ1n) is 7.63. The van der Waals surface area contributed by atoms with Crippen LogP contribution in [0.25, 0.3) is 0 Å². The smallest absolute Gasteiger partial charge is 0.118 e. The van der Waals surface area contributed by atoms with E-state index in [4.69, 9.17) is 4.42 Å². The summed E-state index contributed by atoms with van der Waals surface area (Å²) >= 11 is 0. The fourth-order valence-electron chi connectivity index (χ4n) is 3.05. The van der Waals surface area contributed by atoms with E-state index in [1.54, 1.807) is 0 Å². The molecule has 0 bridgehead atoms. The van der Waals surface area contributed by atoms with Crippen LogP contribution >= 0.6 is 0 Å². The van der Waals surface area contributed by atoms with Crippen LogP contribution in [-0.4, -0.2) is 24.0 Å². The average molecular weight is 262 g/mol. The van der Waals surface area contributed by atoms with Crippen LogP contribution in [0.4, 0.5) is 0 Å². The Morgan fingerprint density at radius 1 is 1.42 bits per heavy atom. The van der Waals surface area contributed by atoms with E-state index in [1.165, 1.54) is 44.3 Å². The highest BCUT2D eigenvalue weighted by molar-refractivity contribution is 5.13. The Kier molecular flexibility index (Phi) is 3.68. The summed E-state index contributed by atoms with van der Waals surface area (Å²) in [4.78, 5) is 2.53. The summed E-state index contributed by atoms with van der Waals surface area (Å²) in [5.74, 6) is 1.12. The molecule has 1 saturated carbocycles. The predicted molar refractivity (Wildman–Crippen MR) is 76.9 cm³/mol. The molecule has 19 heavy (non-hydrogen) atoms. The number of furan rings is 1. The van der Waals surface area contributed by atoms with E-state index < -0.39 is 0 Å². The SMILES string of the molecule is CC1(C)CCCN(Cc2cc(CNC3CC3)co2)C1. The normalized spacial score (nSPS) is 23.7. The van der Waals surface area contributed by atoms with Gasteiger partial charge in [-0.15, -0.1) is 0 Å². The zero-order valence-electron chi connectivity index (χ0n) is 12.2. The summed E-state index contributed by atoms with van der Waals surface area (Å²) in [7, 11) is 0. The van der Waals surface area contributed by atoms with Crippen molar-refractivity contribution in [2.75, 3.05) is 13.1 Å². The average Bonchev–Trinajstić information content (AvgIpc) is 3.06. The minimum Gasteiger partial charge on any atom is -0.468 e. The Labute approximate surface area is 116 Å². The summed E-state index contributed by atoms with van der Waals surface area (Å²) in [5, 5.41) is 3.53. The molecule has 3 nitrogen and oxygen atoms in total. The van der Waals surface area contributed by atoms with Gasteiger partial charge in [0.15, 0.2) is 0 Å². The van der Waals surface area contributed by atoms with Gasteiger partial charge >= 0.3 is 0 Å². The molecule has 106 valence electrons. The minimum absolute atomic E-state index is 0.460. The van der Waals surface area contributed by atoms with E-state index in [9.17, 15) is 0 Å². The molecule has 1 aliphatic heterocycles. The molecular weight excluding hydrogens is 236 g/mol. The van der Waals surface area contributed by atoms with Gasteiger partial charge in [-0.2, -0.15) is 0 Å². The van der Waals surface area contributed by atoms with Crippen LogP contribution in [-0.2, 0) is 13.1 Å². The third-order valence-electron chi connectivity index (χ3n) is 4.24. The van der Waals surface area contributed by atoms with Crippen molar-refractivity contribution in [3.63, 3.8) is 0 Å². The molecule has 0 unspecified atom stereocenters. The molecule has 1 aromatic rings. The van der Waals surface area contributed by atoms with Crippen molar-refractivity contribution in [3.05, 3.63) is 23.7 Å². The highest BCUT2D eigenvalue weighted by atomic mass is 16.3. The molecule has 0 radical (unpaired) electrons. The van der Waals surface area contributed by atoms with Crippen LogP contribution in [0, 0.1) is 5.41 Å². The summed E-state index contributed by atoms with van der Waals surface area (Å²) < 4.78 is 5.71. The number of rotatable bonds is 5. The second kappa shape index (κ2) is 5.29. The summed E-state index contributed by atoms with van der Waals surface area (Å²) in [6, 6.07) is 2.98. The highest BCUT2D eigenvalue weighted by Gasteiger charge is 2.26. The Bertz CT molecular complexity index is 420. The Balaban J connectivity index is 1.51. The van der Waals surface area contributed by atoms with Crippen molar-refractivity contribution in [3.8, 4) is 0 Å². The molecule has 1 N–H and O–H groups in total. The monoisotopic (exact) mass is 262 g/mol. The molecular formula is C16H26N2O. The molecule has 0 amide bonds. The maximum absolute atomic E-state index is 5.71. The van der Waals surface area contributed by atoms with E-state index >= 15 is 0 Å². The molecule has 1 aliphatic carbocycles. The lowest BCUT2D eigenvalue weighted by Crippen LogP contribution is -2.39. The van der Waals surface area contributed by atoms with Gasteiger partial charge in [0.1, 0.15) is 5.76 Å². The van der Waals surface area contributed by atoms with Gasteiger partial charge < -0.3 is 9.73 Å². The molecule has 2 fully saturated rings. The van der Waals surface area contributed by atoms with Crippen molar-refractivity contribution >= 4 is 0 Å². The van der Waals surface area contributed by atoms with Gasteiger partial charge in [0, 0.05) is 24.7 Å². The lowest BCUT2D eigenvalue weighted by molar-refractivity contribution is 0.105. The standard InChI is InChI=1S/C16H26N2O/c1-16(2)6-3-7-18(12-16)10-15-8-13(11-19-15)9-17-14-4-5-14/h8,11,14,17H,3-7,9-10,12H2,1-2H3. The van der Waals surface area contributed by atoms with Gasteiger partial charge in [-0.25, -0.2) is 0 Å². The van der Waals surface area contributed by atoms with Crippen LogP contribution in [0.5, 0.6) is 0 Å². The Morgan fingerprint density at radius 2 is 2.26 bits per heavy atom. The maximum Gasteiger partial charge on any atom is 0.118 e. The summed E-state index contributed by atoms with van der Waals surface area (Å²) in [6.45, 7) is 9.05. The molecule has 2 aliphatic rings. The zero-order valence-corrected chi connectivity index (χ0v) is 12.2. The van der Waals surface area contributed by atoms with Crippen molar-refractivity contribution in [1.82, 2.24) is 10.2 Å². The first-order valence-corrected chi connectivity index (χ1v) is 7.63. The van der Waals surface area contributed by atoms with Crippen LogP contribution in [0.1, 0.15) is 50.9 Å². The Hall–Kier alpha value is -0.800. The zero-order chi connectivity index (χ0) is 13.3. The van der Waals surface area contributed by atoms with Gasteiger partial charge in [-0.3, -0.25) is 4.90 Å². The maximum atomic E-state index is 5.71. The van der Waals surface area contributed by atoms with Crippen molar-refractivity contribution < 1.29 is 4.42 Å². The molecule has 0 spiro atoms. The third kappa shape index (κ3) is 3.83. The number of likely N-dealkylation sites (tertiary alicyclic amines) is 1. The molecule has 1 aromatic heterocycles. The molecule has 0 atom stereocenters. The number of piperidine rings is 1. The van der Waals surface area contributed by atoms with Crippen LogP contribution < -0.4 is 5.32 Å². The first-order chi connectivity index (χ1) is 9.11. The van der Waals surface area contributed by atoms with E-state index in [0.717, 1.165) is 24.9 Å². The van der Waals surface area contributed by atoms with Gasteiger partial charge in [0.05, 0.1) is 12.8 Å². The van der Waals surface area contributed by atoms with Gasteiger partial charge in [-0.1, -0.05) is 13.8 Å². The van der Waals surface area contributed by atoms with Crippen molar-refractivity contribution in [2.45, 2.75) is 58.7 Å². The number of hydrogen-bond donors (Lipinski definition) is 1. The fraction of sp³-hybridized carbons (Fsp3) is 0.750. The second-order valence-corrected chi connectivity index (χ2v) is 7.05. The van der Waals surface area contributed by atoms with Crippen LogP contribution in [0.2, 0.25) is 0 Å². The Morgan fingerprint density at radius 3 is 3.00 bits per heavy atom. The summed E-state index contributed by atoms with van der Waals surface area (Å²) in [6.07, 6.45) is 7.25. The molecule has 2 heterocycles. The van der Waals surface area contributed by atoms with Crippen molar-refractivity contribution in [1.29, 1.82) is 0 Å².